The third-order valence-corrected chi connectivity index (χ3v) is 3.59. The molecule has 0 aromatic heterocycles. The summed E-state index contributed by atoms with van der Waals surface area (Å²) in [6.07, 6.45) is 4.26. The number of likely N-dealkylation sites (tertiary alicyclic amines) is 1. The zero-order chi connectivity index (χ0) is 12.8. The van der Waals surface area contributed by atoms with Gasteiger partial charge in [0.25, 0.3) is 0 Å². The molecule has 18 heavy (non-hydrogen) atoms. The van der Waals surface area contributed by atoms with Crippen molar-refractivity contribution in [2.24, 2.45) is 5.73 Å². The molecule has 1 aromatic carbocycles. The maximum Gasteiger partial charge on any atom is 0.0702 e. The second-order valence-corrected chi connectivity index (χ2v) is 5.25. The van der Waals surface area contributed by atoms with Crippen molar-refractivity contribution in [2.45, 2.75) is 38.3 Å². The fourth-order valence-electron chi connectivity index (χ4n) is 2.59. The Kier molecular flexibility index (Phi) is 5.17. The van der Waals surface area contributed by atoms with Crippen molar-refractivity contribution < 1.29 is 5.11 Å². The number of nitrogens with two attached hydrogens (primary N) is 1. The van der Waals surface area contributed by atoms with E-state index < -0.39 is 6.10 Å². The van der Waals surface area contributed by atoms with Gasteiger partial charge < -0.3 is 10.8 Å². The first kappa shape index (κ1) is 13.5. The van der Waals surface area contributed by atoms with Crippen LogP contribution in [0.25, 0.3) is 0 Å². The van der Waals surface area contributed by atoms with Gasteiger partial charge in [0.05, 0.1) is 6.10 Å². The molecule has 0 bridgehead atoms. The SMILES string of the molecule is NCC(O)Cc1cccc(CN2CCCCC2)c1. The van der Waals surface area contributed by atoms with Gasteiger partial charge in [-0.15, -0.1) is 0 Å². The van der Waals surface area contributed by atoms with E-state index in [1.807, 2.05) is 0 Å². The predicted octanol–water partition coefficient (Wildman–Crippen LogP) is 1.53. The Morgan fingerprint density at radius 3 is 2.61 bits per heavy atom. The zero-order valence-corrected chi connectivity index (χ0v) is 11.0. The van der Waals surface area contributed by atoms with Gasteiger partial charge in [0.2, 0.25) is 0 Å². The van der Waals surface area contributed by atoms with Crippen molar-refractivity contribution in [1.82, 2.24) is 4.90 Å². The van der Waals surface area contributed by atoms with Gasteiger partial charge in [0, 0.05) is 13.1 Å². The highest BCUT2D eigenvalue weighted by Crippen LogP contribution is 2.14. The van der Waals surface area contributed by atoms with Crippen molar-refractivity contribution in [1.29, 1.82) is 0 Å². The van der Waals surface area contributed by atoms with Gasteiger partial charge in [-0.2, -0.15) is 0 Å². The molecule has 3 heteroatoms. The number of benzene rings is 1. The van der Waals surface area contributed by atoms with Crippen molar-refractivity contribution >= 4 is 0 Å². The number of hydrogen-bond acceptors (Lipinski definition) is 3. The fourth-order valence-corrected chi connectivity index (χ4v) is 2.59. The van der Waals surface area contributed by atoms with Crippen LogP contribution < -0.4 is 5.73 Å². The number of aliphatic hydroxyl groups is 1. The Morgan fingerprint density at radius 1 is 1.17 bits per heavy atom. The topological polar surface area (TPSA) is 49.5 Å². The molecule has 2 rings (SSSR count). The van der Waals surface area contributed by atoms with Gasteiger partial charge in [0.15, 0.2) is 0 Å². The normalized spacial score (nSPS) is 18.8. The average molecular weight is 248 g/mol. The third-order valence-electron chi connectivity index (χ3n) is 3.59. The van der Waals surface area contributed by atoms with Gasteiger partial charge in [-0.25, -0.2) is 0 Å². The molecule has 1 aliphatic rings. The number of piperidine rings is 1. The maximum atomic E-state index is 9.59. The van der Waals surface area contributed by atoms with Gasteiger partial charge in [-0.1, -0.05) is 30.7 Å². The van der Waals surface area contributed by atoms with E-state index in [1.165, 1.54) is 43.5 Å². The van der Waals surface area contributed by atoms with Crippen LogP contribution >= 0.6 is 0 Å². The molecule has 1 fully saturated rings. The average Bonchev–Trinajstić information content (AvgIpc) is 2.40. The number of hydrogen-bond donors (Lipinski definition) is 2. The first-order valence-electron chi connectivity index (χ1n) is 6.96. The summed E-state index contributed by atoms with van der Waals surface area (Å²) in [6.45, 7) is 3.80. The Bertz CT molecular complexity index is 361. The minimum Gasteiger partial charge on any atom is -0.391 e. The molecule has 1 aromatic rings. The monoisotopic (exact) mass is 248 g/mol. The van der Waals surface area contributed by atoms with E-state index in [0.29, 0.717) is 13.0 Å². The molecule has 1 aliphatic heterocycles. The second kappa shape index (κ2) is 6.88. The van der Waals surface area contributed by atoms with E-state index in [2.05, 4.69) is 29.2 Å². The summed E-state index contributed by atoms with van der Waals surface area (Å²) in [4.78, 5) is 2.52. The lowest BCUT2D eigenvalue weighted by Crippen LogP contribution is -2.29. The number of nitrogens with zero attached hydrogens (tertiary/aromatic N) is 1. The van der Waals surface area contributed by atoms with Crippen LogP contribution in [0, 0.1) is 0 Å². The summed E-state index contributed by atoms with van der Waals surface area (Å²) in [5.41, 5.74) is 7.98. The van der Waals surface area contributed by atoms with Crippen LogP contribution in [0.3, 0.4) is 0 Å². The van der Waals surface area contributed by atoms with Crippen molar-refractivity contribution in [3.05, 3.63) is 35.4 Å². The molecule has 0 amide bonds. The van der Waals surface area contributed by atoms with E-state index >= 15 is 0 Å². The highest BCUT2D eigenvalue weighted by Gasteiger charge is 2.11. The third kappa shape index (κ3) is 4.09. The van der Waals surface area contributed by atoms with Gasteiger partial charge in [0.1, 0.15) is 0 Å². The van der Waals surface area contributed by atoms with E-state index in [-0.39, 0.29) is 0 Å². The Hall–Kier alpha value is -0.900. The lowest BCUT2D eigenvalue weighted by molar-refractivity contribution is 0.183. The van der Waals surface area contributed by atoms with Crippen molar-refractivity contribution in [3.63, 3.8) is 0 Å². The fraction of sp³-hybridized carbons (Fsp3) is 0.600. The summed E-state index contributed by atoms with van der Waals surface area (Å²) < 4.78 is 0. The summed E-state index contributed by atoms with van der Waals surface area (Å²) in [6, 6.07) is 8.52. The molecule has 1 saturated heterocycles. The molecule has 0 saturated carbocycles. The lowest BCUT2D eigenvalue weighted by atomic mass is 10.0. The standard InChI is InChI=1S/C15H24N2O/c16-11-15(18)10-13-5-4-6-14(9-13)12-17-7-2-1-3-8-17/h4-6,9,15,18H,1-3,7-8,10-12,16H2. The van der Waals surface area contributed by atoms with Gasteiger partial charge in [-0.3, -0.25) is 4.90 Å². The lowest BCUT2D eigenvalue weighted by Gasteiger charge is -2.26. The summed E-state index contributed by atoms with van der Waals surface area (Å²) >= 11 is 0. The smallest absolute Gasteiger partial charge is 0.0702 e. The van der Waals surface area contributed by atoms with Crippen LogP contribution in [0.1, 0.15) is 30.4 Å². The molecule has 3 N–H and O–H groups in total. The first-order valence-corrected chi connectivity index (χ1v) is 6.96. The molecule has 0 spiro atoms. The summed E-state index contributed by atoms with van der Waals surface area (Å²) in [7, 11) is 0. The Labute approximate surface area is 110 Å². The molecule has 3 nitrogen and oxygen atoms in total. The Balaban J connectivity index is 1.93. The van der Waals surface area contributed by atoms with Gasteiger partial charge in [-0.05, 0) is 43.5 Å². The minimum atomic E-state index is -0.421. The summed E-state index contributed by atoms with van der Waals surface area (Å²) in [5, 5.41) is 9.59. The number of rotatable bonds is 5. The largest absolute Gasteiger partial charge is 0.391 e. The molecule has 1 heterocycles. The van der Waals surface area contributed by atoms with Crippen LogP contribution in [-0.4, -0.2) is 35.7 Å². The first-order chi connectivity index (χ1) is 8.78. The van der Waals surface area contributed by atoms with Crippen LogP contribution in [0.4, 0.5) is 0 Å². The zero-order valence-electron chi connectivity index (χ0n) is 11.0. The molecule has 1 atom stereocenters. The second-order valence-electron chi connectivity index (χ2n) is 5.25. The van der Waals surface area contributed by atoms with Crippen LogP contribution in [0.2, 0.25) is 0 Å². The van der Waals surface area contributed by atoms with Crippen LogP contribution in [-0.2, 0) is 13.0 Å². The van der Waals surface area contributed by atoms with Crippen LogP contribution in [0.5, 0.6) is 0 Å². The highest BCUT2D eigenvalue weighted by atomic mass is 16.3. The molecular formula is C15H24N2O. The van der Waals surface area contributed by atoms with E-state index in [4.69, 9.17) is 5.73 Å². The molecule has 0 radical (unpaired) electrons. The molecular weight excluding hydrogens is 224 g/mol. The van der Waals surface area contributed by atoms with Crippen molar-refractivity contribution in [2.75, 3.05) is 19.6 Å². The van der Waals surface area contributed by atoms with E-state index in [9.17, 15) is 5.11 Å². The quantitative estimate of drug-likeness (QED) is 0.831. The Morgan fingerprint density at radius 2 is 1.89 bits per heavy atom. The minimum absolute atomic E-state index is 0.330. The predicted molar refractivity (Wildman–Crippen MR) is 74.3 cm³/mol. The molecule has 0 aliphatic carbocycles. The van der Waals surface area contributed by atoms with E-state index in [1.54, 1.807) is 0 Å². The van der Waals surface area contributed by atoms with E-state index in [0.717, 1.165) is 6.54 Å². The molecule has 1 unspecified atom stereocenters. The summed E-state index contributed by atoms with van der Waals surface area (Å²) in [5.74, 6) is 0. The van der Waals surface area contributed by atoms with Crippen molar-refractivity contribution in [3.8, 4) is 0 Å². The highest BCUT2D eigenvalue weighted by molar-refractivity contribution is 5.24. The van der Waals surface area contributed by atoms with Crippen LogP contribution in [0.15, 0.2) is 24.3 Å². The van der Waals surface area contributed by atoms with Gasteiger partial charge >= 0.3 is 0 Å². The molecule has 100 valence electrons. The maximum absolute atomic E-state index is 9.59. The number of aliphatic hydroxyl groups excluding tert-OH is 1.